The second-order valence-electron chi connectivity index (χ2n) is 1.24. The number of rotatable bonds is 0. The molecule has 0 aromatic rings. The van der Waals surface area contributed by atoms with Gasteiger partial charge in [0.25, 0.3) is 0 Å². The molecule has 0 saturated carbocycles. The van der Waals surface area contributed by atoms with Gasteiger partial charge in [-0.2, -0.15) is 8.79 Å². The third-order valence-electron chi connectivity index (χ3n) is 0. The van der Waals surface area contributed by atoms with Crippen LogP contribution in [0.25, 0.3) is 0 Å². The lowest BCUT2D eigenvalue weighted by Gasteiger charge is -1.76. The van der Waals surface area contributed by atoms with Gasteiger partial charge in [0.05, 0.1) is 8.46 Å². The molecular formula is C2H10ClPSi. The van der Waals surface area contributed by atoms with Crippen molar-refractivity contribution in [2.24, 2.45) is 0 Å². The predicted octanol–water partition coefficient (Wildman–Crippen LogP) is 1.27. The van der Waals surface area contributed by atoms with E-state index in [1.165, 1.54) is 0 Å². The molecule has 0 bridgehead atoms. The number of hydrogen-bond donors (Lipinski definition) is 0. The maximum atomic E-state index is 2.80. The topological polar surface area (TPSA) is 0 Å². The van der Waals surface area contributed by atoms with Crippen LogP contribution in [0.2, 0.25) is 13.1 Å². The van der Waals surface area contributed by atoms with Gasteiger partial charge in [-0.3, -0.25) is 0 Å². The normalized spacial score (nSPS) is 7.20. The monoisotopic (exact) mass is 128 g/mol. The molecule has 1 unspecified atom stereocenters. The zero-order valence-corrected chi connectivity index (χ0v) is 6.69. The minimum atomic E-state index is -0.222. The Kier molecular flexibility index (Phi) is 9.22. The van der Waals surface area contributed by atoms with Gasteiger partial charge in [-0.15, -0.1) is 12.4 Å². The van der Waals surface area contributed by atoms with E-state index in [0.29, 0.717) is 0 Å². The van der Waals surface area contributed by atoms with E-state index in [4.69, 9.17) is 0 Å². The standard InChI is InChI=1S/C2H9PSi.ClH/c1-4(2)3;/h4H,3H2,1-2H3;1H. The van der Waals surface area contributed by atoms with Crippen molar-refractivity contribution in [3.05, 3.63) is 0 Å². The highest BCUT2D eigenvalue weighted by Crippen LogP contribution is 1.85. The summed E-state index contributed by atoms with van der Waals surface area (Å²) in [5.41, 5.74) is 0. The number of hydrogen-bond acceptors (Lipinski definition) is 0. The Morgan fingerprint density at radius 3 is 1.40 bits per heavy atom. The molecule has 0 aliphatic heterocycles. The van der Waals surface area contributed by atoms with Crippen molar-refractivity contribution in [1.29, 1.82) is 0 Å². The van der Waals surface area contributed by atoms with Gasteiger partial charge in [-0.25, -0.2) is 0 Å². The summed E-state index contributed by atoms with van der Waals surface area (Å²) in [4.78, 5) is 0. The Morgan fingerprint density at radius 1 is 1.40 bits per heavy atom. The molecule has 5 heavy (non-hydrogen) atoms. The van der Waals surface area contributed by atoms with Crippen LogP contribution in [0.3, 0.4) is 0 Å². The minimum absolute atomic E-state index is 0. The van der Waals surface area contributed by atoms with Crippen molar-refractivity contribution in [2.45, 2.75) is 13.1 Å². The molecular weight excluding hydrogens is 119 g/mol. The van der Waals surface area contributed by atoms with Crippen LogP contribution >= 0.6 is 21.2 Å². The molecule has 34 valence electrons. The molecule has 0 aromatic carbocycles. The lowest BCUT2D eigenvalue weighted by molar-refractivity contribution is 2.11. The molecule has 0 fully saturated rings. The van der Waals surface area contributed by atoms with Crippen LogP contribution in [0.15, 0.2) is 0 Å². The molecule has 0 spiro atoms. The lowest BCUT2D eigenvalue weighted by Crippen LogP contribution is -1.77. The summed E-state index contributed by atoms with van der Waals surface area (Å²) in [6, 6.07) is 0. The Hall–Kier alpha value is 0.937. The highest BCUT2D eigenvalue weighted by Gasteiger charge is 1.71. The maximum absolute atomic E-state index is 2.80. The summed E-state index contributed by atoms with van der Waals surface area (Å²) < 4.78 is 0. The fraction of sp³-hybridized carbons (Fsp3) is 1.00. The zero-order valence-electron chi connectivity index (χ0n) is 3.56. The Bertz CT molecular complexity index is 14.4. The first kappa shape index (κ1) is 9.34. The van der Waals surface area contributed by atoms with E-state index < -0.39 is 0 Å². The van der Waals surface area contributed by atoms with Gasteiger partial charge >= 0.3 is 0 Å². The Balaban J connectivity index is 0. The SMILES string of the molecule is C[SiH](C)P.Cl. The summed E-state index contributed by atoms with van der Waals surface area (Å²) in [6.07, 6.45) is 0. The molecule has 0 radical (unpaired) electrons. The maximum Gasteiger partial charge on any atom is 0.0519 e. The van der Waals surface area contributed by atoms with Gasteiger partial charge in [0.1, 0.15) is 0 Å². The first-order chi connectivity index (χ1) is 1.73. The molecule has 0 aromatic heterocycles. The number of halogens is 1. The third kappa shape index (κ3) is 48.5. The van der Waals surface area contributed by atoms with Crippen molar-refractivity contribution in [2.75, 3.05) is 0 Å². The molecule has 0 heterocycles. The first-order valence-electron chi connectivity index (χ1n) is 1.49. The average molecular weight is 129 g/mol. The van der Waals surface area contributed by atoms with Crippen LogP contribution in [0.1, 0.15) is 0 Å². The highest BCUT2D eigenvalue weighted by molar-refractivity contribution is 7.61. The fourth-order valence-corrected chi connectivity index (χ4v) is 0. The molecule has 0 nitrogen and oxygen atoms in total. The van der Waals surface area contributed by atoms with E-state index in [-0.39, 0.29) is 20.9 Å². The highest BCUT2D eigenvalue weighted by atomic mass is 35.5. The van der Waals surface area contributed by atoms with Crippen molar-refractivity contribution in [3.8, 4) is 0 Å². The van der Waals surface area contributed by atoms with Gasteiger partial charge < -0.3 is 0 Å². The zero-order chi connectivity index (χ0) is 3.58. The van der Waals surface area contributed by atoms with E-state index in [1.54, 1.807) is 0 Å². The first-order valence-corrected chi connectivity index (χ1v) is 6.46. The van der Waals surface area contributed by atoms with E-state index in [2.05, 4.69) is 21.9 Å². The lowest BCUT2D eigenvalue weighted by atomic mass is 11.9. The molecule has 0 aliphatic carbocycles. The van der Waals surface area contributed by atoms with Gasteiger partial charge in [0.15, 0.2) is 0 Å². The van der Waals surface area contributed by atoms with Crippen LogP contribution in [0, 0.1) is 0 Å². The van der Waals surface area contributed by atoms with Crippen molar-refractivity contribution in [1.82, 2.24) is 0 Å². The van der Waals surface area contributed by atoms with Gasteiger partial charge in [-0.05, 0) is 0 Å². The van der Waals surface area contributed by atoms with Crippen LogP contribution < -0.4 is 0 Å². The molecule has 0 saturated heterocycles. The predicted molar refractivity (Wildman–Crippen MR) is 35.8 cm³/mol. The molecule has 0 N–H and O–H groups in total. The molecule has 1 atom stereocenters. The van der Waals surface area contributed by atoms with Gasteiger partial charge in [-0.1, -0.05) is 13.1 Å². The smallest absolute Gasteiger partial charge is 0.0519 e. The van der Waals surface area contributed by atoms with Crippen LogP contribution in [0.4, 0.5) is 0 Å². The second kappa shape index (κ2) is 4.94. The molecule has 0 rings (SSSR count). The van der Waals surface area contributed by atoms with E-state index in [0.717, 1.165) is 0 Å². The summed E-state index contributed by atoms with van der Waals surface area (Å²) >= 11 is 0. The molecule has 0 aliphatic rings. The van der Waals surface area contributed by atoms with E-state index in [9.17, 15) is 0 Å². The third-order valence-corrected chi connectivity index (χ3v) is 0. The van der Waals surface area contributed by atoms with Gasteiger partial charge in [0, 0.05) is 0 Å². The average Bonchev–Trinajstić information content (AvgIpc) is 0.811. The Morgan fingerprint density at radius 2 is 1.40 bits per heavy atom. The summed E-state index contributed by atoms with van der Waals surface area (Å²) in [7, 11) is 2.57. The molecule has 3 heteroatoms. The van der Waals surface area contributed by atoms with Crippen LogP contribution in [0.5, 0.6) is 0 Å². The van der Waals surface area contributed by atoms with E-state index >= 15 is 0 Å². The fourth-order valence-electron chi connectivity index (χ4n) is 0. The Labute approximate surface area is 43.4 Å². The molecule has 0 amide bonds. The van der Waals surface area contributed by atoms with Gasteiger partial charge in [0.2, 0.25) is 0 Å². The quantitative estimate of drug-likeness (QED) is 0.341. The van der Waals surface area contributed by atoms with Crippen molar-refractivity contribution < 1.29 is 0 Å². The summed E-state index contributed by atoms with van der Waals surface area (Å²) in [6.45, 7) is 4.54. The largest absolute Gasteiger partial charge is 0.152 e. The van der Waals surface area contributed by atoms with Crippen LogP contribution in [-0.2, 0) is 0 Å². The van der Waals surface area contributed by atoms with Crippen molar-refractivity contribution in [3.63, 3.8) is 0 Å². The summed E-state index contributed by atoms with van der Waals surface area (Å²) in [5.74, 6) is 0. The van der Waals surface area contributed by atoms with E-state index in [1.807, 2.05) is 0 Å². The summed E-state index contributed by atoms with van der Waals surface area (Å²) in [5, 5.41) is 0. The van der Waals surface area contributed by atoms with Crippen molar-refractivity contribution >= 4 is 29.7 Å². The second-order valence-corrected chi connectivity index (χ2v) is 7.73. The van der Waals surface area contributed by atoms with Crippen LogP contribution in [-0.4, -0.2) is 8.46 Å². The minimum Gasteiger partial charge on any atom is -0.152 e.